The van der Waals surface area contributed by atoms with Gasteiger partial charge in [-0.3, -0.25) is 0 Å². The van der Waals surface area contributed by atoms with Gasteiger partial charge in [0.1, 0.15) is 0 Å². The topological polar surface area (TPSA) is 0 Å². The maximum absolute atomic E-state index is 3.78. The highest BCUT2D eigenvalue weighted by atomic mass is 79.9. The molecule has 0 saturated carbocycles. The van der Waals surface area contributed by atoms with Gasteiger partial charge in [0.05, 0.1) is 0 Å². The Morgan fingerprint density at radius 2 is 0.744 bits per heavy atom. The van der Waals surface area contributed by atoms with Crippen LogP contribution in [0.15, 0.2) is 45.3 Å². The van der Waals surface area contributed by atoms with Crippen molar-refractivity contribution in [1.29, 1.82) is 0 Å². The highest BCUT2D eigenvalue weighted by molar-refractivity contribution is 9.10. The maximum Gasteiger partial charge on any atom is 0.0215 e. The van der Waals surface area contributed by atoms with E-state index in [4.69, 9.17) is 0 Å². The Morgan fingerprint density at radius 3 is 1.08 bits per heavy atom. The van der Waals surface area contributed by atoms with Crippen LogP contribution in [0.25, 0.3) is 11.1 Å². The van der Waals surface area contributed by atoms with Gasteiger partial charge in [0.15, 0.2) is 0 Å². The normalized spacial score (nSPS) is 13.5. The van der Waals surface area contributed by atoms with Gasteiger partial charge in [0.25, 0.3) is 0 Å². The number of unbranched alkanes of at least 4 members (excludes halogenated alkanes) is 18. The van der Waals surface area contributed by atoms with Crippen molar-refractivity contribution < 1.29 is 0 Å². The van der Waals surface area contributed by atoms with Crippen LogP contribution in [0, 0.1) is 0 Å². The summed E-state index contributed by atoms with van der Waals surface area (Å²) in [5, 5.41) is 0. The van der Waals surface area contributed by atoms with E-state index in [1.807, 2.05) is 0 Å². The summed E-state index contributed by atoms with van der Waals surface area (Å²) in [5.74, 6) is 0. The molecule has 39 heavy (non-hydrogen) atoms. The summed E-state index contributed by atoms with van der Waals surface area (Å²) >= 11 is 7.55. The summed E-state index contributed by atoms with van der Waals surface area (Å²) in [6, 6.07) is 14.2. The lowest BCUT2D eigenvalue weighted by atomic mass is 9.70. The van der Waals surface area contributed by atoms with E-state index in [0.717, 1.165) is 0 Å². The highest BCUT2D eigenvalue weighted by Crippen LogP contribution is 2.55. The van der Waals surface area contributed by atoms with Crippen LogP contribution in [-0.2, 0) is 5.41 Å². The first-order chi connectivity index (χ1) is 19.1. The van der Waals surface area contributed by atoms with Gasteiger partial charge >= 0.3 is 0 Å². The van der Waals surface area contributed by atoms with Crippen LogP contribution < -0.4 is 0 Å². The van der Waals surface area contributed by atoms with Crippen molar-refractivity contribution >= 4 is 31.9 Å². The number of hydrogen-bond donors (Lipinski definition) is 0. The van der Waals surface area contributed by atoms with E-state index in [1.54, 1.807) is 11.1 Å². The van der Waals surface area contributed by atoms with E-state index >= 15 is 0 Å². The van der Waals surface area contributed by atoms with Crippen molar-refractivity contribution in [2.24, 2.45) is 0 Å². The van der Waals surface area contributed by atoms with Crippen LogP contribution in [0.2, 0.25) is 0 Å². The molecule has 0 fully saturated rings. The first-order valence-corrected chi connectivity index (χ1v) is 18.3. The Balaban J connectivity index is 1.58. The molecule has 1 aliphatic carbocycles. The van der Waals surface area contributed by atoms with Gasteiger partial charge in [-0.05, 0) is 59.4 Å². The Hall–Kier alpha value is -0.600. The molecular formula is C37H56Br2. The van der Waals surface area contributed by atoms with Crippen molar-refractivity contribution in [3.63, 3.8) is 0 Å². The SMILES string of the molecule is CCCCCCCCCCCCC1(CCCCCCCCCCCC)c2ccc(Br)cc2-c2cc(Br)ccc21. The Bertz CT molecular complexity index is 869. The van der Waals surface area contributed by atoms with Crippen LogP contribution in [0.4, 0.5) is 0 Å². The van der Waals surface area contributed by atoms with E-state index in [1.165, 1.54) is 161 Å². The maximum atomic E-state index is 3.78. The van der Waals surface area contributed by atoms with Crippen LogP contribution in [0.5, 0.6) is 0 Å². The molecule has 0 aliphatic heterocycles. The zero-order valence-corrected chi connectivity index (χ0v) is 28.4. The Morgan fingerprint density at radius 1 is 0.436 bits per heavy atom. The molecule has 2 aromatic rings. The van der Waals surface area contributed by atoms with Gasteiger partial charge in [-0.15, -0.1) is 0 Å². The molecule has 0 N–H and O–H groups in total. The van der Waals surface area contributed by atoms with E-state index < -0.39 is 0 Å². The quantitative estimate of drug-likeness (QED) is 0.110. The number of rotatable bonds is 22. The molecule has 0 atom stereocenters. The van der Waals surface area contributed by atoms with Crippen LogP contribution in [0.1, 0.15) is 166 Å². The van der Waals surface area contributed by atoms with E-state index in [0.29, 0.717) is 0 Å². The fourth-order valence-electron chi connectivity index (χ4n) is 6.95. The van der Waals surface area contributed by atoms with Crippen LogP contribution in [0.3, 0.4) is 0 Å². The number of fused-ring (bicyclic) bond motifs is 3. The fraction of sp³-hybridized carbons (Fsp3) is 0.676. The lowest BCUT2D eigenvalue weighted by molar-refractivity contribution is 0.397. The fourth-order valence-corrected chi connectivity index (χ4v) is 7.67. The lowest BCUT2D eigenvalue weighted by Crippen LogP contribution is -2.25. The molecule has 0 aromatic heterocycles. The third-order valence-corrected chi connectivity index (χ3v) is 10.2. The third-order valence-electron chi connectivity index (χ3n) is 9.20. The minimum atomic E-state index is 0.187. The Labute approximate surface area is 258 Å². The summed E-state index contributed by atoms with van der Waals surface area (Å²) in [6.07, 6.45) is 30.7. The molecule has 0 radical (unpaired) electrons. The lowest BCUT2D eigenvalue weighted by Gasteiger charge is -2.33. The molecule has 0 bridgehead atoms. The second-order valence-corrected chi connectivity index (χ2v) is 14.2. The molecule has 0 saturated heterocycles. The summed E-state index contributed by atoms with van der Waals surface area (Å²) < 4.78 is 2.39. The van der Waals surface area contributed by atoms with E-state index in [2.05, 4.69) is 82.1 Å². The standard InChI is InChI=1S/C37H56Br2/c1-3-5-7-9-11-13-15-17-19-21-27-37(28-22-20-18-16-14-12-10-8-6-4-2)35-25-23-31(38)29-33(35)34-30-32(39)24-26-36(34)37/h23-26,29-30H,3-22,27-28H2,1-2H3. The first-order valence-electron chi connectivity index (χ1n) is 16.7. The van der Waals surface area contributed by atoms with Crippen LogP contribution >= 0.6 is 31.9 Å². The van der Waals surface area contributed by atoms with Gasteiger partial charge < -0.3 is 0 Å². The molecule has 2 aromatic carbocycles. The second kappa shape index (κ2) is 18.8. The number of halogens is 2. The van der Waals surface area contributed by atoms with Crippen molar-refractivity contribution in [3.05, 3.63) is 56.5 Å². The predicted molar refractivity (Wildman–Crippen MR) is 181 cm³/mol. The molecule has 0 spiro atoms. The highest BCUT2D eigenvalue weighted by Gasteiger charge is 2.42. The average Bonchev–Trinajstić information content (AvgIpc) is 3.19. The molecule has 0 nitrogen and oxygen atoms in total. The van der Waals surface area contributed by atoms with Crippen molar-refractivity contribution in [2.75, 3.05) is 0 Å². The zero-order valence-electron chi connectivity index (χ0n) is 25.3. The van der Waals surface area contributed by atoms with E-state index in [9.17, 15) is 0 Å². The second-order valence-electron chi connectivity index (χ2n) is 12.3. The summed E-state index contributed by atoms with van der Waals surface area (Å²) in [6.45, 7) is 4.62. The zero-order chi connectivity index (χ0) is 27.8. The molecule has 2 heteroatoms. The van der Waals surface area contributed by atoms with E-state index in [-0.39, 0.29) is 5.41 Å². The molecule has 218 valence electrons. The van der Waals surface area contributed by atoms with Crippen molar-refractivity contribution in [2.45, 2.75) is 161 Å². The number of benzene rings is 2. The largest absolute Gasteiger partial charge is 0.0654 e. The molecule has 0 unspecified atom stereocenters. The number of hydrogen-bond acceptors (Lipinski definition) is 0. The minimum absolute atomic E-state index is 0.187. The Kier molecular flexibility index (Phi) is 15.8. The third kappa shape index (κ3) is 10.3. The van der Waals surface area contributed by atoms with Crippen LogP contribution in [-0.4, -0.2) is 0 Å². The van der Waals surface area contributed by atoms with Gasteiger partial charge in [-0.1, -0.05) is 186 Å². The predicted octanol–water partition coefficient (Wildman–Crippen LogP) is 14.1. The summed E-state index contributed by atoms with van der Waals surface area (Å²) in [4.78, 5) is 0. The van der Waals surface area contributed by atoms with Gasteiger partial charge in [0, 0.05) is 14.4 Å². The molecule has 0 heterocycles. The van der Waals surface area contributed by atoms with Crippen molar-refractivity contribution in [1.82, 2.24) is 0 Å². The smallest absolute Gasteiger partial charge is 0.0215 e. The summed E-state index contributed by atoms with van der Waals surface area (Å²) in [5.41, 5.74) is 6.28. The molecule has 0 amide bonds. The summed E-state index contributed by atoms with van der Waals surface area (Å²) in [7, 11) is 0. The van der Waals surface area contributed by atoms with Gasteiger partial charge in [0.2, 0.25) is 0 Å². The monoisotopic (exact) mass is 658 g/mol. The van der Waals surface area contributed by atoms with Gasteiger partial charge in [-0.2, -0.15) is 0 Å². The van der Waals surface area contributed by atoms with Gasteiger partial charge in [-0.25, -0.2) is 0 Å². The molecular weight excluding hydrogens is 604 g/mol. The average molecular weight is 661 g/mol. The molecule has 1 aliphatic rings. The first kappa shape index (κ1) is 32.9. The van der Waals surface area contributed by atoms with Crippen molar-refractivity contribution in [3.8, 4) is 11.1 Å². The molecule has 3 rings (SSSR count). The minimum Gasteiger partial charge on any atom is -0.0654 e.